The number of ether oxygens (including phenoxy) is 1. The van der Waals surface area contributed by atoms with Gasteiger partial charge in [-0.2, -0.15) is 0 Å². The second kappa shape index (κ2) is 9.43. The molecule has 2 amide bonds. The first-order valence-corrected chi connectivity index (χ1v) is 9.99. The maximum Gasteiger partial charge on any atom is 0.407 e. The fourth-order valence-corrected chi connectivity index (χ4v) is 3.70. The molecule has 0 bridgehead atoms. The highest BCUT2D eigenvalue weighted by molar-refractivity contribution is 5.86. The number of rotatable bonds is 8. The minimum atomic E-state index is -0.999. The molecule has 158 valence electrons. The Bertz CT molecular complexity index is 895. The van der Waals surface area contributed by atoms with Crippen LogP contribution in [0.5, 0.6) is 0 Å². The zero-order valence-corrected chi connectivity index (χ0v) is 17.1. The van der Waals surface area contributed by atoms with E-state index in [0.717, 1.165) is 22.3 Å². The number of nitrogens with one attached hydrogen (secondary N) is 2. The number of carboxylic acids is 1. The van der Waals surface area contributed by atoms with Crippen molar-refractivity contribution >= 4 is 18.0 Å². The molecule has 0 aromatic heterocycles. The Morgan fingerprint density at radius 3 is 2.10 bits per heavy atom. The van der Waals surface area contributed by atoms with Gasteiger partial charge in [0.05, 0.1) is 6.42 Å². The molecule has 1 atom stereocenters. The van der Waals surface area contributed by atoms with Crippen LogP contribution >= 0.6 is 0 Å². The minimum absolute atomic E-state index is 0.00373. The average Bonchev–Trinajstić information content (AvgIpc) is 3.03. The van der Waals surface area contributed by atoms with Gasteiger partial charge in [0.15, 0.2) is 0 Å². The fourth-order valence-electron chi connectivity index (χ4n) is 3.70. The molecule has 30 heavy (non-hydrogen) atoms. The minimum Gasteiger partial charge on any atom is -0.481 e. The predicted octanol–water partition coefficient (Wildman–Crippen LogP) is 3.14. The van der Waals surface area contributed by atoms with Crippen molar-refractivity contribution in [1.29, 1.82) is 0 Å². The zero-order chi connectivity index (χ0) is 21.7. The number of carbonyl (C=O) groups is 3. The molecule has 1 aliphatic carbocycles. The maximum atomic E-state index is 12.4. The van der Waals surface area contributed by atoms with Crippen LogP contribution in [0.2, 0.25) is 0 Å². The maximum absolute atomic E-state index is 12.4. The molecule has 0 saturated carbocycles. The number of fused-ring (bicyclic) bond motifs is 3. The van der Waals surface area contributed by atoms with E-state index >= 15 is 0 Å². The third-order valence-corrected chi connectivity index (χ3v) is 5.20. The molecule has 7 heteroatoms. The van der Waals surface area contributed by atoms with Gasteiger partial charge >= 0.3 is 12.1 Å². The number of hydrogen-bond acceptors (Lipinski definition) is 4. The van der Waals surface area contributed by atoms with Crippen LogP contribution in [0.3, 0.4) is 0 Å². The lowest BCUT2D eigenvalue weighted by Crippen LogP contribution is -2.50. The van der Waals surface area contributed by atoms with Crippen LogP contribution in [-0.4, -0.2) is 42.3 Å². The molecule has 3 N–H and O–H groups in total. The lowest BCUT2D eigenvalue weighted by atomic mass is 9.98. The highest BCUT2D eigenvalue weighted by Gasteiger charge is 2.30. The van der Waals surface area contributed by atoms with Gasteiger partial charge in [0.2, 0.25) is 5.91 Å². The van der Waals surface area contributed by atoms with Crippen LogP contribution in [0.4, 0.5) is 4.79 Å². The Kier molecular flexibility index (Phi) is 6.72. The largest absolute Gasteiger partial charge is 0.481 e. The van der Waals surface area contributed by atoms with Gasteiger partial charge in [-0.1, -0.05) is 62.4 Å². The van der Waals surface area contributed by atoms with Gasteiger partial charge in [-0.3, -0.25) is 9.59 Å². The van der Waals surface area contributed by atoms with Crippen molar-refractivity contribution in [3.63, 3.8) is 0 Å². The summed E-state index contributed by atoms with van der Waals surface area (Å²) in [5, 5.41) is 13.8. The second-order valence-corrected chi connectivity index (χ2v) is 7.63. The molecule has 0 radical (unpaired) electrons. The number of carbonyl (C=O) groups excluding carboxylic acids is 2. The third-order valence-electron chi connectivity index (χ3n) is 5.20. The normalized spacial score (nSPS) is 13.3. The lowest BCUT2D eigenvalue weighted by Gasteiger charge is -2.22. The Morgan fingerprint density at radius 1 is 1.00 bits per heavy atom. The smallest absolute Gasteiger partial charge is 0.407 e. The molecular weight excluding hydrogens is 384 g/mol. The molecule has 0 aliphatic heterocycles. The van der Waals surface area contributed by atoms with Crippen molar-refractivity contribution in [2.24, 2.45) is 5.92 Å². The molecule has 2 aromatic carbocycles. The van der Waals surface area contributed by atoms with Gasteiger partial charge in [-0.15, -0.1) is 0 Å². The lowest BCUT2D eigenvalue weighted by molar-refractivity contribution is -0.137. The van der Waals surface area contributed by atoms with Crippen LogP contribution in [0.1, 0.15) is 37.3 Å². The first-order chi connectivity index (χ1) is 14.4. The molecule has 2 aromatic rings. The summed E-state index contributed by atoms with van der Waals surface area (Å²) in [5.74, 6) is -1.68. The molecule has 0 fully saturated rings. The summed E-state index contributed by atoms with van der Waals surface area (Å²) in [5.41, 5.74) is 4.50. The van der Waals surface area contributed by atoms with Gasteiger partial charge in [0.1, 0.15) is 12.6 Å². The predicted molar refractivity (Wildman–Crippen MR) is 112 cm³/mol. The van der Waals surface area contributed by atoms with Crippen molar-refractivity contribution in [3.05, 3.63) is 59.7 Å². The topological polar surface area (TPSA) is 105 Å². The van der Waals surface area contributed by atoms with Crippen LogP contribution < -0.4 is 10.6 Å². The van der Waals surface area contributed by atoms with E-state index in [1.54, 1.807) is 13.8 Å². The molecule has 0 saturated heterocycles. The number of aliphatic carboxylic acids is 1. The van der Waals surface area contributed by atoms with Gasteiger partial charge in [-0.25, -0.2) is 4.79 Å². The van der Waals surface area contributed by atoms with Crippen molar-refractivity contribution < 1.29 is 24.2 Å². The number of benzene rings is 2. The first kappa shape index (κ1) is 21.4. The van der Waals surface area contributed by atoms with Crippen LogP contribution in [0.25, 0.3) is 11.1 Å². The molecule has 7 nitrogen and oxygen atoms in total. The highest BCUT2D eigenvalue weighted by atomic mass is 16.5. The summed E-state index contributed by atoms with van der Waals surface area (Å²) in [6.45, 7) is 3.76. The highest BCUT2D eigenvalue weighted by Crippen LogP contribution is 2.44. The van der Waals surface area contributed by atoms with Crippen LogP contribution in [-0.2, 0) is 14.3 Å². The number of carboxylic acid groups (broad SMARTS) is 1. The SMILES string of the molecule is CC(C)[C@@H](NC(=O)OCC1c2ccccc2-c2ccccc21)C(=O)NCCC(=O)O. The van der Waals surface area contributed by atoms with E-state index in [4.69, 9.17) is 9.84 Å². The van der Waals surface area contributed by atoms with Crippen molar-refractivity contribution in [2.75, 3.05) is 13.2 Å². The molecule has 3 rings (SSSR count). The average molecular weight is 410 g/mol. The van der Waals surface area contributed by atoms with E-state index in [9.17, 15) is 14.4 Å². The summed E-state index contributed by atoms with van der Waals surface area (Å²) >= 11 is 0. The molecule has 0 heterocycles. The van der Waals surface area contributed by atoms with E-state index in [0.29, 0.717) is 0 Å². The Labute approximate surface area is 175 Å². The van der Waals surface area contributed by atoms with Gasteiger partial charge < -0.3 is 20.5 Å². The Morgan fingerprint density at radius 2 is 1.57 bits per heavy atom. The molecule has 1 aliphatic rings. The summed E-state index contributed by atoms with van der Waals surface area (Å²) in [6, 6.07) is 15.3. The van der Waals surface area contributed by atoms with Gasteiger partial charge in [0, 0.05) is 12.5 Å². The monoisotopic (exact) mass is 410 g/mol. The molecular formula is C23H26N2O5. The molecule has 0 spiro atoms. The van der Waals surface area contributed by atoms with Crippen molar-refractivity contribution in [3.8, 4) is 11.1 Å². The zero-order valence-electron chi connectivity index (χ0n) is 17.1. The van der Waals surface area contributed by atoms with E-state index in [1.165, 1.54) is 0 Å². The van der Waals surface area contributed by atoms with E-state index in [1.807, 2.05) is 36.4 Å². The molecule has 0 unspecified atom stereocenters. The fraction of sp³-hybridized carbons (Fsp3) is 0.348. The van der Waals surface area contributed by atoms with Crippen LogP contribution in [0, 0.1) is 5.92 Å². The van der Waals surface area contributed by atoms with Crippen LogP contribution in [0.15, 0.2) is 48.5 Å². The Hall–Kier alpha value is -3.35. The van der Waals surface area contributed by atoms with E-state index in [2.05, 4.69) is 22.8 Å². The first-order valence-electron chi connectivity index (χ1n) is 9.99. The number of amides is 2. The summed E-state index contributed by atoms with van der Waals surface area (Å²) < 4.78 is 5.49. The van der Waals surface area contributed by atoms with Crippen molar-refractivity contribution in [1.82, 2.24) is 10.6 Å². The quantitative estimate of drug-likeness (QED) is 0.620. The van der Waals surface area contributed by atoms with Gasteiger partial charge in [0.25, 0.3) is 0 Å². The summed E-state index contributed by atoms with van der Waals surface area (Å²) in [7, 11) is 0. The van der Waals surface area contributed by atoms with Crippen molar-refractivity contribution in [2.45, 2.75) is 32.2 Å². The second-order valence-electron chi connectivity index (χ2n) is 7.63. The van der Waals surface area contributed by atoms with E-state index in [-0.39, 0.29) is 31.4 Å². The third kappa shape index (κ3) is 4.79. The Balaban J connectivity index is 1.62. The summed E-state index contributed by atoms with van der Waals surface area (Å²) in [4.78, 5) is 35.3. The standard InChI is InChI=1S/C23H26N2O5/c1-14(2)21(22(28)24-12-11-20(26)27)25-23(29)30-13-19-17-9-5-3-7-15(17)16-8-4-6-10-18(16)19/h3-10,14,19,21H,11-13H2,1-2H3,(H,24,28)(H,25,29)(H,26,27)/t21-/m1/s1. The van der Waals surface area contributed by atoms with Gasteiger partial charge in [-0.05, 0) is 28.2 Å². The van der Waals surface area contributed by atoms with E-state index < -0.39 is 24.0 Å². The summed E-state index contributed by atoms with van der Waals surface area (Å²) in [6.07, 6.45) is -0.856. The number of hydrogen-bond donors (Lipinski definition) is 3. The number of alkyl carbamates (subject to hydrolysis) is 1.